The predicted octanol–water partition coefficient (Wildman–Crippen LogP) is 2.73. The van der Waals surface area contributed by atoms with E-state index in [-0.39, 0.29) is 11.4 Å². The van der Waals surface area contributed by atoms with E-state index in [0.717, 1.165) is 12.8 Å². The van der Waals surface area contributed by atoms with E-state index >= 15 is 0 Å². The third-order valence-electron chi connectivity index (χ3n) is 4.86. The van der Waals surface area contributed by atoms with Gasteiger partial charge in [0.25, 0.3) is 0 Å². The summed E-state index contributed by atoms with van der Waals surface area (Å²) in [7, 11) is 0. The van der Waals surface area contributed by atoms with Crippen LogP contribution in [0.4, 0.5) is 0 Å². The van der Waals surface area contributed by atoms with Gasteiger partial charge in [0, 0.05) is 18.0 Å². The van der Waals surface area contributed by atoms with Gasteiger partial charge >= 0.3 is 0 Å². The van der Waals surface area contributed by atoms with Crippen LogP contribution in [0, 0.1) is 5.92 Å². The molecule has 0 aliphatic heterocycles. The Labute approximate surface area is 111 Å². The van der Waals surface area contributed by atoms with Gasteiger partial charge in [0.05, 0.1) is 0 Å². The fourth-order valence-electron chi connectivity index (χ4n) is 3.63. The molecule has 0 saturated heterocycles. The molecular weight excluding hydrogens is 224 g/mol. The minimum absolute atomic E-state index is 0.164. The van der Waals surface area contributed by atoms with Crippen molar-refractivity contribution in [2.45, 2.75) is 82.7 Å². The minimum atomic E-state index is -0.212. The monoisotopic (exact) mass is 252 g/mol. The van der Waals surface area contributed by atoms with Gasteiger partial charge in [-0.25, -0.2) is 0 Å². The summed E-state index contributed by atoms with van der Waals surface area (Å²) in [4.78, 5) is 12.1. The topological polar surface area (TPSA) is 55.1 Å². The lowest BCUT2D eigenvalue weighted by Gasteiger charge is -2.30. The smallest absolute Gasteiger partial charge is 0.222 e. The van der Waals surface area contributed by atoms with Crippen molar-refractivity contribution in [2.24, 2.45) is 11.7 Å². The highest BCUT2D eigenvalue weighted by molar-refractivity contribution is 5.77. The van der Waals surface area contributed by atoms with Crippen molar-refractivity contribution in [3.63, 3.8) is 0 Å². The van der Waals surface area contributed by atoms with Gasteiger partial charge < -0.3 is 11.1 Å². The van der Waals surface area contributed by atoms with Crippen molar-refractivity contribution in [3.05, 3.63) is 0 Å². The summed E-state index contributed by atoms with van der Waals surface area (Å²) < 4.78 is 0. The van der Waals surface area contributed by atoms with Gasteiger partial charge in [-0.3, -0.25) is 4.79 Å². The molecule has 0 radical (unpaired) electrons. The van der Waals surface area contributed by atoms with Crippen LogP contribution in [0.25, 0.3) is 0 Å². The van der Waals surface area contributed by atoms with E-state index in [1.54, 1.807) is 0 Å². The molecule has 2 aliphatic carbocycles. The van der Waals surface area contributed by atoms with Gasteiger partial charge in [0.1, 0.15) is 0 Å². The second-order valence-corrected chi connectivity index (χ2v) is 6.50. The Morgan fingerprint density at radius 2 is 1.83 bits per heavy atom. The number of hydrogen-bond acceptors (Lipinski definition) is 2. The molecule has 2 saturated carbocycles. The third-order valence-corrected chi connectivity index (χ3v) is 4.86. The molecule has 104 valence electrons. The maximum absolute atomic E-state index is 12.1. The van der Waals surface area contributed by atoms with E-state index in [4.69, 9.17) is 5.73 Å². The van der Waals surface area contributed by atoms with E-state index in [9.17, 15) is 4.79 Å². The number of carbonyl (C=O) groups excluding carboxylic acids is 1. The highest BCUT2D eigenvalue weighted by Gasteiger charge is 2.32. The number of amides is 1. The fraction of sp³-hybridized carbons (Fsp3) is 0.933. The second-order valence-electron chi connectivity index (χ2n) is 6.50. The molecule has 3 heteroatoms. The number of carbonyl (C=O) groups is 1. The Morgan fingerprint density at radius 3 is 2.44 bits per heavy atom. The summed E-state index contributed by atoms with van der Waals surface area (Å²) in [6.07, 6.45) is 11.5. The SMILES string of the molecule is C[C@@H](NC(=O)CC1(N)CCCC1)C1CCCCC1. The standard InChI is InChI=1S/C15H28N2O/c1-12(13-7-3-2-4-8-13)17-14(18)11-15(16)9-5-6-10-15/h12-13H,2-11,16H2,1H3,(H,17,18)/t12-/m1/s1. The molecular formula is C15H28N2O. The maximum Gasteiger partial charge on any atom is 0.222 e. The van der Waals surface area contributed by atoms with Crippen molar-refractivity contribution in [2.75, 3.05) is 0 Å². The van der Waals surface area contributed by atoms with Crippen molar-refractivity contribution in [3.8, 4) is 0 Å². The first-order chi connectivity index (χ1) is 8.59. The molecule has 0 unspecified atom stereocenters. The van der Waals surface area contributed by atoms with Gasteiger partial charge in [-0.15, -0.1) is 0 Å². The zero-order valence-electron chi connectivity index (χ0n) is 11.7. The van der Waals surface area contributed by atoms with Crippen molar-refractivity contribution < 1.29 is 4.79 Å². The van der Waals surface area contributed by atoms with Crippen LogP contribution in [0.1, 0.15) is 71.1 Å². The fourth-order valence-corrected chi connectivity index (χ4v) is 3.63. The summed E-state index contributed by atoms with van der Waals surface area (Å²) in [5.74, 6) is 0.845. The quantitative estimate of drug-likeness (QED) is 0.808. The molecule has 3 nitrogen and oxygen atoms in total. The second kappa shape index (κ2) is 6.05. The summed E-state index contributed by atoms with van der Waals surface area (Å²) in [5.41, 5.74) is 6.04. The summed E-state index contributed by atoms with van der Waals surface area (Å²) in [5, 5.41) is 3.18. The zero-order valence-corrected chi connectivity index (χ0v) is 11.7. The molecule has 18 heavy (non-hydrogen) atoms. The van der Waals surface area contributed by atoms with Gasteiger partial charge in [-0.1, -0.05) is 32.1 Å². The van der Waals surface area contributed by atoms with Gasteiger partial charge in [0.2, 0.25) is 5.91 Å². The molecule has 0 heterocycles. The molecule has 2 fully saturated rings. The number of nitrogens with two attached hydrogens (primary N) is 1. The molecule has 2 rings (SSSR count). The van der Waals surface area contributed by atoms with Crippen LogP contribution in [-0.2, 0) is 4.79 Å². The Kier molecular flexibility index (Phi) is 4.66. The first-order valence-corrected chi connectivity index (χ1v) is 7.67. The molecule has 0 spiro atoms. The Bertz CT molecular complexity index is 278. The van der Waals surface area contributed by atoms with Crippen molar-refractivity contribution >= 4 is 5.91 Å². The van der Waals surface area contributed by atoms with Gasteiger partial charge in [-0.2, -0.15) is 0 Å². The third kappa shape index (κ3) is 3.71. The van der Waals surface area contributed by atoms with Gasteiger partial charge in [-0.05, 0) is 38.5 Å². The highest BCUT2D eigenvalue weighted by atomic mass is 16.1. The van der Waals surface area contributed by atoms with Crippen LogP contribution in [-0.4, -0.2) is 17.5 Å². The zero-order chi connectivity index (χ0) is 13.0. The number of hydrogen-bond donors (Lipinski definition) is 2. The maximum atomic E-state index is 12.1. The lowest BCUT2D eigenvalue weighted by atomic mass is 9.84. The highest BCUT2D eigenvalue weighted by Crippen LogP contribution is 2.30. The molecule has 3 N–H and O–H groups in total. The van der Waals surface area contributed by atoms with Crippen molar-refractivity contribution in [1.29, 1.82) is 0 Å². The molecule has 2 aliphatic rings. The molecule has 1 amide bonds. The molecule has 1 atom stereocenters. The molecule has 0 bridgehead atoms. The Morgan fingerprint density at radius 1 is 1.22 bits per heavy atom. The van der Waals surface area contributed by atoms with Crippen LogP contribution < -0.4 is 11.1 Å². The molecule has 0 aromatic carbocycles. The van der Waals surface area contributed by atoms with Crippen molar-refractivity contribution in [1.82, 2.24) is 5.32 Å². The normalized spacial score (nSPS) is 25.9. The summed E-state index contributed by atoms with van der Waals surface area (Å²) >= 11 is 0. The summed E-state index contributed by atoms with van der Waals surface area (Å²) in [6.45, 7) is 2.16. The van der Waals surface area contributed by atoms with Crippen LogP contribution in [0.2, 0.25) is 0 Å². The first kappa shape index (κ1) is 13.9. The van der Waals surface area contributed by atoms with E-state index in [1.807, 2.05) is 0 Å². The van der Waals surface area contributed by atoms with E-state index < -0.39 is 0 Å². The number of nitrogens with one attached hydrogen (secondary N) is 1. The Hall–Kier alpha value is -0.570. The lowest BCUT2D eigenvalue weighted by Crippen LogP contribution is -2.46. The van der Waals surface area contributed by atoms with Gasteiger partial charge in [0.15, 0.2) is 0 Å². The predicted molar refractivity (Wildman–Crippen MR) is 74.2 cm³/mol. The molecule has 0 aromatic rings. The average Bonchev–Trinajstić information content (AvgIpc) is 2.76. The molecule has 0 aromatic heterocycles. The van der Waals surface area contributed by atoms with E-state index in [2.05, 4.69) is 12.2 Å². The van der Waals surface area contributed by atoms with Crippen LogP contribution in [0.15, 0.2) is 0 Å². The average molecular weight is 252 g/mol. The van der Waals surface area contributed by atoms with E-state index in [0.29, 0.717) is 18.4 Å². The Balaban J connectivity index is 1.75. The first-order valence-electron chi connectivity index (χ1n) is 7.67. The number of rotatable bonds is 4. The summed E-state index contributed by atoms with van der Waals surface area (Å²) in [6, 6.07) is 0.322. The lowest BCUT2D eigenvalue weighted by molar-refractivity contribution is -0.123. The van der Waals surface area contributed by atoms with Crippen LogP contribution in [0.3, 0.4) is 0 Å². The van der Waals surface area contributed by atoms with Crippen LogP contribution in [0.5, 0.6) is 0 Å². The minimum Gasteiger partial charge on any atom is -0.353 e. The van der Waals surface area contributed by atoms with E-state index in [1.165, 1.54) is 44.9 Å². The van der Waals surface area contributed by atoms with Crippen LogP contribution >= 0.6 is 0 Å². The largest absolute Gasteiger partial charge is 0.353 e.